The Morgan fingerprint density at radius 2 is 1.94 bits per heavy atom. The van der Waals surface area contributed by atoms with Gasteiger partial charge in [-0.25, -0.2) is 0 Å². The summed E-state index contributed by atoms with van der Waals surface area (Å²) in [6.45, 7) is 9.90. The molecular formula is C26H28O6. The van der Waals surface area contributed by atoms with Gasteiger partial charge in [0.15, 0.2) is 11.4 Å². The quantitative estimate of drug-likeness (QED) is 0.439. The number of aliphatic hydroxyl groups is 1. The lowest BCUT2D eigenvalue weighted by molar-refractivity contribution is -0.157. The summed E-state index contributed by atoms with van der Waals surface area (Å²) in [5.41, 5.74) is -1.37. The first-order valence-electron chi connectivity index (χ1n) is 10.7. The van der Waals surface area contributed by atoms with Crippen LogP contribution < -0.4 is 9.47 Å². The number of hydrogen-bond donors (Lipinski definition) is 1. The van der Waals surface area contributed by atoms with E-state index in [2.05, 4.69) is 0 Å². The van der Waals surface area contributed by atoms with Crippen LogP contribution in [0.3, 0.4) is 0 Å². The van der Waals surface area contributed by atoms with Gasteiger partial charge in [0.25, 0.3) is 0 Å². The molecule has 0 unspecified atom stereocenters. The summed E-state index contributed by atoms with van der Waals surface area (Å²) in [7, 11) is 0. The topological polar surface area (TPSA) is 89.9 Å². The zero-order chi connectivity index (χ0) is 23.6. The molecule has 3 aliphatic rings. The Balaban J connectivity index is 2.06. The van der Waals surface area contributed by atoms with Crippen LogP contribution >= 0.6 is 0 Å². The summed E-state index contributed by atoms with van der Waals surface area (Å²) in [5.74, 6) is -0.587. The first kappa shape index (κ1) is 22.2. The second kappa shape index (κ2) is 7.01. The van der Waals surface area contributed by atoms with Gasteiger partial charge >= 0.3 is 5.97 Å². The minimum atomic E-state index is -1.45. The van der Waals surface area contributed by atoms with Crippen LogP contribution in [-0.4, -0.2) is 33.8 Å². The van der Waals surface area contributed by atoms with E-state index in [-0.39, 0.29) is 18.0 Å². The molecule has 1 aromatic rings. The van der Waals surface area contributed by atoms with Gasteiger partial charge in [0.05, 0.1) is 5.60 Å². The van der Waals surface area contributed by atoms with Gasteiger partial charge in [0, 0.05) is 24.8 Å². The van der Waals surface area contributed by atoms with Crippen molar-refractivity contribution < 1.29 is 29.0 Å². The second-order valence-corrected chi connectivity index (χ2v) is 9.72. The largest absolute Gasteiger partial charge is 0.477 e. The number of Topliss-reactive ketones (excluding diaryl/α,β-unsaturated/α-hetero) is 1. The molecule has 0 fully saturated rings. The number of benzene rings is 1. The lowest BCUT2D eigenvalue weighted by Gasteiger charge is -2.57. The van der Waals surface area contributed by atoms with Gasteiger partial charge in [-0.2, -0.15) is 0 Å². The second-order valence-electron chi connectivity index (χ2n) is 9.72. The molecule has 2 bridgehead atoms. The molecule has 3 atom stereocenters. The van der Waals surface area contributed by atoms with Crippen LogP contribution in [0.4, 0.5) is 0 Å². The van der Waals surface area contributed by atoms with Crippen molar-refractivity contribution in [2.75, 3.05) is 0 Å². The monoisotopic (exact) mass is 436 g/mol. The summed E-state index contributed by atoms with van der Waals surface area (Å²) < 4.78 is 11.9. The maximum Gasteiger partial charge on any atom is 0.308 e. The Labute approximate surface area is 187 Å². The van der Waals surface area contributed by atoms with Crippen molar-refractivity contribution in [2.24, 2.45) is 5.41 Å². The van der Waals surface area contributed by atoms with Crippen molar-refractivity contribution >= 4 is 17.5 Å². The Morgan fingerprint density at radius 1 is 1.25 bits per heavy atom. The van der Waals surface area contributed by atoms with Gasteiger partial charge in [-0.1, -0.05) is 23.8 Å². The standard InChI is InChI=1S/C26H28O6/c1-14-9-19-18-12-20(31-17(4)27)15(2)10-21(18)32-26(13-14)23(29)16(3)11-22(28)25(19,26)8-7-24(5,6)30/h7-12,19,30H,13H2,1-6H3/b8-7+/t19-,25-,26+/m1/s1. The van der Waals surface area contributed by atoms with Crippen molar-refractivity contribution in [2.45, 2.75) is 65.1 Å². The minimum absolute atomic E-state index is 0.234. The number of allylic oxidation sites excluding steroid dienone is 2. The molecule has 1 aromatic carbocycles. The van der Waals surface area contributed by atoms with Crippen molar-refractivity contribution in [3.63, 3.8) is 0 Å². The smallest absolute Gasteiger partial charge is 0.308 e. The van der Waals surface area contributed by atoms with Crippen LogP contribution in [0, 0.1) is 12.3 Å². The highest BCUT2D eigenvalue weighted by Gasteiger charge is 2.70. The summed E-state index contributed by atoms with van der Waals surface area (Å²) in [6.07, 6.45) is 6.84. The van der Waals surface area contributed by atoms with Crippen molar-refractivity contribution in [3.05, 3.63) is 58.7 Å². The van der Waals surface area contributed by atoms with Crippen LogP contribution in [0.5, 0.6) is 11.5 Å². The van der Waals surface area contributed by atoms with E-state index in [0.717, 1.165) is 5.57 Å². The Kier molecular flexibility index (Phi) is 4.86. The first-order chi connectivity index (χ1) is 14.8. The van der Waals surface area contributed by atoms with E-state index in [1.165, 1.54) is 13.0 Å². The van der Waals surface area contributed by atoms with Gasteiger partial charge in [-0.15, -0.1) is 0 Å². The molecule has 0 saturated carbocycles. The Bertz CT molecular complexity index is 1150. The molecule has 32 heavy (non-hydrogen) atoms. The van der Waals surface area contributed by atoms with Gasteiger partial charge in [-0.3, -0.25) is 14.4 Å². The van der Waals surface area contributed by atoms with Crippen LogP contribution in [0.25, 0.3) is 0 Å². The van der Waals surface area contributed by atoms with Crippen LogP contribution in [-0.2, 0) is 14.4 Å². The average molecular weight is 437 g/mol. The third-order valence-corrected chi connectivity index (χ3v) is 6.55. The molecule has 0 spiro atoms. The van der Waals surface area contributed by atoms with Gasteiger partial charge in [0.2, 0.25) is 5.78 Å². The highest BCUT2D eigenvalue weighted by atomic mass is 16.5. The Hall–Kier alpha value is -2.99. The van der Waals surface area contributed by atoms with Crippen molar-refractivity contribution in [1.29, 1.82) is 0 Å². The van der Waals surface area contributed by atoms with Crippen molar-refractivity contribution in [1.82, 2.24) is 0 Å². The van der Waals surface area contributed by atoms with E-state index in [1.54, 1.807) is 52.0 Å². The first-order valence-corrected chi connectivity index (χ1v) is 10.7. The zero-order valence-electron chi connectivity index (χ0n) is 19.2. The summed E-state index contributed by atoms with van der Waals surface area (Å²) in [6, 6.07) is 3.48. The molecule has 4 rings (SSSR count). The molecule has 0 radical (unpaired) electrons. The van der Waals surface area contributed by atoms with E-state index >= 15 is 0 Å². The third-order valence-electron chi connectivity index (χ3n) is 6.55. The number of rotatable bonds is 3. The van der Waals surface area contributed by atoms with E-state index in [4.69, 9.17) is 9.47 Å². The Morgan fingerprint density at radius 3 is 2.56 bits per heavy atom. The minimum Gasteiger partial charge on any atom is -0.477 e. The number of aryl methyl sites for hydroxylation is 1. The maximum atomic E-state index is 13.7. The summed E-state index contributed by atoms with van der Waals surface area (Å²) in [5, 5.41) is 10.4. The predicted molar refractivity (Wildman–Crippen MR) is 119 cm³/mol. The molecule has 0 amide bonds. The molecular weight excluding hydrogens is 408 g/mol. The molecule has 1 aliphatic heterocycles. The van der Waals surface area contributed by atoms with E-state index in [1.807, 2.05) is 13.0 Å². The average Bonchev–Trinajstić information content (AvgIpc) is 2.65. The van der Waals surface area contributed by atoms with E-state index in [0.29, 0.717) is 28.2 Å². The van der Waals surface area contributed by atoms with Gasteiger partial charge < -0.3 is 14.6 Å². The van der Waals surface area contributed by atoms with Crippen molar-refractivity contribution in [3.8, 4) is 11.5 Å². The number of ether oxygens (including phenoxy) is 2. The van der Waals surface area contributed by atoms with Gasteiger partial charge in [0.1, 0.15) is 16.9 Å². The molecule has 6 heteroatoms. The summed E-state index contributed by atoms with van der Waals surface area (Å²) >= 11 is 0. The molecule has 168 valence electrons. The van der Waals surface area contributed by atoms with E-state index in [9.17, 15) is 19.5 Å². The lowest BCUT2D eigenvalue weighted by Crippen LogP contribution is -2.68. The number of hydrogen-bond acceptors (Lipinski definition) is 6. The normalized spacial score (nSPS) is 29.0. The number of esters is 1. The summed E-state index contributed by atoms with van der Waals surface area (Å²) in [4.78, 5) is 39.0. The molecule has 2 aliphatic carbocycles. The fourth-order valence-corrected chi connectivity index (χ4v) is 5.20. The number of carbonyl (C=O) groups excluding carboxylic acids is 3. The molecule has 1 N–H and O–H groups in total. The maximum absolute atomic E-state index is 13.7. The fourth-order valence-electron chi connectivity index (χ4n) is 5.20. The number of fused-ring (bicyclic) bond motifs is 2. The molecule has 1 heterocycles. The molecule has 0 aromatic heterocycles. The third kappa shape index (κ3) is 3.08. The molecule has 0 saturated heterocycles. The SMILES string of the molecule is CC(=O)Oc1cc2c(cc1C)O[C@]13CC(C)=C[C@H]2[C@]1(/C=C/C(C)(C)O)C(=O)C=C(C)C3=O. The highest BCUT2D eigenvalue weighted by molar-refractivity contribution is 6.18. The molecule has 6 nitrogen and oxygen atoms in total. The van der Waals surface area contributed by atoms with Crippen LogP contribution in [0.1, 0.15) is 58.1 Å². The number of ketones is 2. The number of carbonyl (C=O) groups is 3. The fraction of sp³-hybridized carbons (Fsp3) is 0.423. The predicted octanol–water partition coefficient (Wildman–Crippen LogP) is 3.90. The highest BCUT2D eigenvalue weighted by Crippen LogP contribution is 2.63. The van der Waals surface area contributed by atoms with E-state index < -0.39 is 28.5 Å². The zero-order valence-corrected chi connectivity index (χ0v) is 19.2. The van der Waals surface area contributed by atoms with Gasteiger partial charge in [-0.05, 0) is 64.0 Å². The van der Waals surface area contributed by atoms with Crippen LogP contribution in [0.15, 0.2) is 47.6 Å². The van der Waals surface area contributed by atoms with Crippen LogP contribution in [0.2, 0.25) is 0 Å². The lowest BCUT2D eigenvalue weighted by atomic mass is 9.49.